The minimum absolute atomic E-state index is 0.126. The molecule has 1 aromatic rings. The van der Waals surface area contributed by atoms with Crippen LogP contribution in [0.5, 0.6) is 5.75 Å². The Kier molecular flexibility index (Phi) is 5.54. The normalized spacial score (nSPS) is 10.2. The second-order valence-electron chi connectivity index (χ2n) is 3.99. The van der Waals surface area contributed by atoms with Crippen LogP contribution in [0.25, 0.3) is 6.08 Å². The molecule has 1 amide bonds. The van der Waals surface area contributed by atoms with Crippen LogP contribution in [0, 0.1) is 0 Å². The molecule has 100 valence electrons. The lowest BCUT2D eigenvalue weighted by Crippen LogP contribution is -2.11. The Balaban J connectivity index is 2.94. The van der Waals surface area contributed by atoms with Gasteiger partial charge in [0.05, 0.1) is 0 Å². The van der Waals surface area contributed by atoms with Gasteiger partial charge in [0.2, 0.25) is 5.91 Å². The molecule has 0 aliphatic rings. The van der Waals surface area contributed by atoms with Gasteiger partial charge in [-0.2, -0.15) is 0 Å². The third kappa shape index (κ3) is 5.21. The molecule has 1 aromatic carbocycles. The number of benzene rings is 1. The number of hydrogen-bond donors (Lipinski definition) is 1. The van der Waals surface area contributed by atoms with E-state index in [0.29, 0.717) is 12.2 Å². The second kappa shape index (κ2) is 7.16. The topological polar surface area (TPSA) is 55.4 Å². The summed E-state index contributed by atoms with van der Waals surface area (Å²) in [4.78, 5) is 21.7. The summed E-state index contributed by atoms with van der Waals surface area (Å²) in [5.41, 5.74) is 1.77. The SMILES string of the molecule is C=CCc1cc(C=CNC(C)=O)ccc1OC(C)=O. The Labute approximate surface area is 112 Å². The summed E-state index contributed by atoms with van der Waals surface area (Å²) in [5, 5.41) is 2.57. The molecule has 0 radical (unpaired) electrons. The van der Waals surface area contributed by atoms with E-state index in [1.807, 2.05) is 12.1 Å². The minimum atomic E-state index is -0.355. The molecular weight excluding hydrogens is 242 g/mol. The van der Waals surface area contributed by atoms with Crippen molar-refractivity contribution >= 4 is 18.0 Å². The second-order valence-corrected chi connectivity index (χ2v) is 3.99. The maximum Gasteiger partial charge on any atom is 0.308 e. The van der Waals surface area contributed by atoms with E-state index in [-0.39, 0.29) is 11.9 Å². The van der Waals surface area contributed by atoms with Crippen molar-refractivity contribution in [1.82, 2.24) is 5.32 Å². The number of nitrogens with one attached hydrogen (secondary N) is 1. The van der Waals surface area contributed by atoms with E-state index < -0.39 is 0 Å². The van der Waals surface area contributed by atoms with Crippen LogP contribution >= 0.6 is 0 Å². The lowest BCUT2D eigenvalue weighted by molar-refractivity contribution is -0.132. The van der Waals surface area contributed by atoms with Crippen molar-refractivity contribution in [2.75, 3.05) is 0 Å². The zero-order valence-corrected chi connectivity index (χ0v) is 11.1. The van der Waals surface area contributed by atoms with Crippen molar-refractivity contribution in [3.8, 4) is 5.75 Å². The standard InChI is InChI=1S/C15H17NO3/c1-4-5-14-10-13(8-9-16-11(2)17)6-7-15(14)19-12(3)18/h4,6-10H,1,5H2,2-3H3,(H,16,17). The lowest BCUT2D eigenvalue weighted by Gasteiger charge is -2.08. The number of allylic oxidation sites excluding steroid dienone is 1. The average molecular weight is 259 g/mol. The zero-order chi connectivity index (χ0) is 14.3. The minimum Gasteiger partial charge on any atom is -0.426 e. The number of carbonyl (C=O) groups excluding carboxylic acids is 2. The zero-order valence-electron chi connectivity index (χ0n) is 11.1. The molecule has 1 rings (SSSR count). The number of hydrogen-bond acceptors (Lipinski definition) is 3. The third-order valence-corrected chi connectivity index (χ3v) is 2.26. The first-order valence-corrected chi connectivity index (χ1v) is 5.89. The van der Waals surface area contributed by atoms with E-state index in [9.17, 15) is 9.59 Å². The molecule has 4 heteroatoms. The average Bonchev–Trinajstić information content (AvgIpc) is 2.31. The van der Waals surface area contributed by atoms with Crippen molar-refractivity contribution in [2.45, 2.75) is 20.3 Å². The number of carbonyl (C=O) groups is 2. The van der Waals surface area contributed by atoms with E-state index in [4.69, 9.17) is 4.74 Å². The summed E-state index contributed by atoms with van der Waals surface area (Å²) in [7, 11) is 0. The van der Waals surface area contributed by atoms with Gasteiger partial charge in [0, 0.05) is 20.0 Å². The molecule has 0 saturated heterocycles. The molecule has 0 atom stereocenters. The number of esters is 1. The van der Waals surface area contributed by atoms with Crippen LogP contribution < -0.4 is 10.1 Å². The highest BCUT2D eigenvalue weighted by Crippen LogP contribution is 2.22. The van der Waals surface area contributed by atoms with Crippen LogP contribution in [-0.2, 0) is 16.0 Å². The Morgan fingerprint density at radius 2 is 2.11 bits per heavy atom. The van der Waals surface area contributed by atoms with Gasteiger partial charge in [-0.25, -0.2) is 0 Å². The van der Waals surface area contributed by atoms with Gasteiger partial charge >= 0.3 is 5.97 Å². The van der Waals surface area contributed by atoms with Gasteiger partial charge in [0.25, 0.3) is 0 Å². The van der Waals surface area contributed by atoms with E-state index in [2.05, 4.69) is 11.9 Å². The fraction of sp³-hybridized carbons (Fsp3) is 0.200. The molecule has 1 N–H and O–H groups in total. The smallest absolute Gasteiger partial charge is 0.308 e. The van der Waals surface area contributed by atoms with Crippen molar-refractivity contribution in [1.29, 1.82) is 0 Å². The van der Waals surface area contributed by atoms with E-state index >= 15 is 0 Å². The van der Waals surface area contributed by atoms with Crippen molar-refractivity contribution in [2.24, 2.45) is 0 Å². The highest BCUT2D eigenvalue weighted by atomic mass is 16.5. The molecule has 0 fully saturated rings. The van der Waals surface area contributed by atoms with Crippen molar-refractivity contribution in [3.63, 3.8) is 0 Å². The van der Waals surface area contributed by atoms with E-state index in [1.165, 1.54) is 13.8 Å². The first-order chi connectivity index (χ1) is 9.02. The van der Waals surface area contributed by atoms with E-state index in [0.717, 1.165) is 11.1 Å². The van der Waals surface area contributed by atoms with Crippen LogP contribution in [0.1, 0.15) is 25.0 Å². The number of rotatable bonds is 5. The Morgan fingerprint density at radius 3 is 2.68 bits per heavy atom. The lowest BCUT2D eigenvalue weighted by atomic mass is 10.1. The monoisotopic (exact) mass is 259 g/mol. The summed E-state index contributed by atoms with van der Waals surface area (Å²) in [6.45, 7) is 6.48. The van der Waals surface area contributed by atoms with Gasteiger partial charge in [0.15, 0.2) is 0 Å². The summed E-state index contributed by atoms with van der Waals surface area (Å²) >= 11 is 0. The molecule has 0 aliphatic heterocycles. The van der Waals surface area contributed by atoms with Crippen LogP contribution in [0.15, 0.2) is 37.1 Å². The van der Waals surface area contributed by atoms with Gasteiger partial charge in [0.1, 0.15) is 5.75 Å². The van der Waals surface area contributed by atoms with Gasteiger partial charge in [-0.05, 0) is 35.8 Å². The fourth-order valence-corrected chi connectivity index (χ4v) is 1.53. The summed E-state index contributed by atoms with van der Waals surface area (Å²) in [6.07, 6.45) is 5.68. The highest BCUT2D eigenvalue weighted by molar-refractivity contribution is 5.75. The van der Waals surface area contributed by atoms with Crippen LogP contribution in [0.2, 0.25) is 0 Å². The van der Waals surface area contributed by atoms with Gasteiger partial charge in [-0.15, -0.1) is 6.58 Å². The quantitative estimate of drug-likeness (QED) is 0.502. The van der Waals surface area contributed by atoms with Gasteiger partial charge < -0.3 is 10.1 Å². The van der Waals surface area contributed by atoms with Crippen molar-refractivity contribution in [3.05, 3.63) is 48.2 Å². The number of ether oxygens (including phenoxy) is 1. The van der Waals surface area contributed by atoms with Crippen molar-refractivity contribution < 1.29 is 14.3 Å². The van der Waals surface area contributed by atoms with Gasteiger partial charge in [-0.3, -0.25) is 9.59 Å². The molecule has 0 bridgehead atoms. The molecular formula is C15H17NO3. The van der Waals surface area contributed by atoms with E-state index in [1.54, 1.807) is 24.4 Å². The molecule has 0 heterocycles. The first-order valence-electron chi connectivity index (χ1n) is 5.89. The third-order valence-electron chi connectivity index (χ3n) is 2.26. The highest BCUT2D eigenvalue weighted by Gasteiger charge is 2.05. The molecule has 0 unspecified atom stereocenters. The van der Waals surface area contributed by atoms with Crippen LogP contribution in [0.3, 0.4) is 0 Å². The Morgan fingerprint density at radius 1 is 1.37 bits per heavy atom. The largest absolute Gasteiger partial charge is 0.426 e. The Bertz CT molecular complexity index is 518. The molecule has 0 spiro atoms. The molecule has 0 aromatic heterocycles. The summed E-state index contributed by atoms with van der Waals surface area (Å²) < 4.78 is 5.12. The van der Waals surface area contributed by atoms with Crippen LogP contribution in [-0.4, -0.2) is 11.9 Å². The number of amides is 1. The Hall–Kier alpha value is -2.36. The molecule has 0 aliphatic carbocycles. The first kappa shape index (κ1) is 14.7. The fourth-order valence-electron chi connectivity index (χ4n) is 1.53. The molecule has 0 saturated carbocycles. The predicted molar refractivity (Wildman–Crippen MR) is 74.5 cm³/mol. The summed E-state index contributed by atoms with van der Waals surface area (Å²) in [6, 6.07) is 5.43. The summed E-state index contributed by atoms with van der Waals surface area (Å²) in [5.74, 6) is 0.0509. The maximum absolute atomic E-state index is 11.0. The molecule has 19 heavy (non-hydrogen) atoms. The van der Waals surface area contributed by atoms with Crippen LogP contribution in [0.4, 0.5) is 0 Å². The van der Waals surface area contributed by atoms with Gasteiger partial charge in [-0.1, -0.05) is 12.1 Å². The predicted octanol–water partition coefficient (Wildman–Crippen LogP) is 2.45. The molecule has 4 nitrogen and oxygen atoms in total. The maximum atomic E-state index is 11.0.